The summed E-state index contributed by atoms with van der Waals surface area (Å²) in [5, 5.41) is 13.2. The minimum atomic E-state index is -0.256. The van der Waals surface area contributed by atoms with Crippen LogP contribution < -0.4 is 9.64 Å². The van der Waals surface area contributed by atoms with Gasteiger partial charge in [-0.1, -0.05) is 24.3 Å². The van der Waals surface area contributed by atoms with Gasteiger partial charge in [0, 0.05) is 36.1 Å². The predicted octanol–water partition coefficient (Wildman–Crippen LogP) is 7.10. The number of thiazole rings is 1. The molecule has 5 nitrogen and oxygen atoms in total. The van der Waals surface area contributed by atoms with E-state index in [-0.39, 0.29) is 17.9 Å². The van der Waals surface area contributed by atoms with Crippen LogP contribution in [0.2, 0.25) is 0 Å². The van der Waals surface area contributed by atoms with E-state index < -0.39 is 0 Å². The number of hydrogen-bond donors (Lipinski definition) is 1. The molecule has 0 saturated heterocycles. The third kappa shape index (κ3) is 7.09. The molecule has 208 valence electrons. The molecule has 0 unspecified atom stereocenters. The minimum Gasteiger partial charge on any atom is -0.496 e. The molecule has 2 aliphatic rings. The fraction of sp³-hybridized carbons (Fsp3) is 0.515. The van der Waals surface area contributed by atoms with Gasteiger partial charge in [-0.2, -0.15) is 0 Å². The first-order valence-electron chi connectivity index (χ1n) is 14.6. The number of anilines is 1. The van der Waals surface area contributed by atoms with Crippen molar-refractivity contribution in [1.82, 2.24) is 4.98 Å². The molecule has 0 aliphatic heterocycles. The number of rotatable bonds is 9. The summed E-state index contributed by atoms with van der Waals surface area (Å²) in [6.45, 7) is 2.90. The van der Waals surface area contributed by atoms with Crippen LogP contribution in [-0.2, 0) is 17.6 Å². The van der Waals surface area contributed by atoms with Crippen molar-refractivity contribution >= 4 is 22.9 Å². The van der Waals surface area contributed by atoms with Crippen LogP contribution in [0.4, 0.5) is 5.69 Å². The largest absolute Gasteiger partial charge is 0.496 e. The second-order valence-electron chi connectivity index (χ2n) is 11.5. The van der Waals surface area contributed by atoms with Gasteiger partial charge in [-0.05, 0) is 111 Å². The van der Waals surface area contributed by atoms with Crippen LogP contribution in [0.15, 0.2) is 54.0 Å². The number of benzene rings is 2. The minimum absolute atomic E-state index is 0.00554. The Labute approximate surface area is 237 Å². The van der Waals surface area contributed by atoms with Crippen molar-refractivity contribution in [3.05, 3.63) is 75.7 Å². The van der Waals surface area contributed by atoms with E-state index in [1.165, 1.54) is 16.7 Å². The molecule has 1 aromatic heterocycles. The maximum atomic E-state index is 13.9. The van der Waals surface area contributed by atoms with E-state index in [9.17, 15) is 9.90 Å². The Morgan fingerprint density at radius 3 is 2.51 bits per heavy atom. The topological polar surface area (TPSA) is 62.7 Å². The van der Waals surface area contributed by atoms with Gasteiger partial charge in [-0.3, -0.25) is 4.79 Å². The van der Waals surface area contributed by atoms with E-state index in [1.54, 1.807) is 18.4 Å². The number of aliphatic hydroxyl groups excluding tert-OH is 1. The maximum Gasteiger partial charge on any atom is 0.230 e. The van der Waals surface area contributed by atoms with E-state index in [0.717, 1.165) is 87.2 Å². The van der Waals surface area contributed by atoms with Gasteiger partial charge in [0.25, 0.3) is 0 Å². The van der Waals surface area contributed by atoms with Crippen molar-refractivity contribution in [1.29, 1.82) is 0 Å². The summed E-state index contributed by atoms with van der Waals surface area (Å²) >= 11 is 1.70. The Balaban J connectivity index is 1.28. The first-order chi connectivity index (χ1) is 19.0. The average molecular weight is 547 g/mol. The second-order valence-corrected chi connectivity index (χ2v) is 12.5. The molecule has 0 spiro atoms. The van der Waals surface area contributed by atoms with Gasteiger partial charge in [-0.25, -0.2) is 4.98 Å². The highest BCUT2D eigenvalue weighted by Crippen LogP contribution is 2.38. The standard InChI is InChI=1S/C33H42N2O3S/c1-23-20-28(13-16-31(23)38-2)26-9-6-25(7-10-26)22-35(33(37)27-11-14-30(36)15-12-27)29-5-3-4-24(21-29)8-17-32-34-18-19-39-32/h3-5,13,16,18-21,25-27,30,36H,6-12,14-15,17,22H2,1-2H3/t25-,26-,27-,30-. The van der Waals surface area contributed by atoms with E-state index in [1.807, 2.05) is 11.6 Å². The van der Waals surface area contributed by atoms with Crippen molar-refractivity contribution in [3.63, 3.8) is 0 Å². The third-order valence-electron chi connectivity index (χ3n) is 8.82. The van der Waals surface area contributed by atoms with Crippen LogP contribution in [0.25, 0.3) is 0 Å². The van der Waals surface area contributed by atoms with Gasteiger partial charge in [0.05, 0.1) is 18.2 Å². The van der Waals surface area contributed by atoms with Crippen LogP contribution in [0, 0.1) is 18.8 Å². The fourth-order valence-electron chi connectivity index (χ4n) is 6.47. The van der Waals surface area contributed by atoms with Crippen LogP contribution in [0.5, 0.6) is 5.75 Å². The number of ether oxygens (including phenoxy) is 1. The molecule has 1 N–H and O–H groups in total. The number of aryl methyl sites for hydroxylation is 3. The molecule has 2 saturated carbocycles. The molecule has 2 aliphatic carbocycles. The Morgan fingerprint density at radius 2 is 1.82 bits per heavy atom. The molecule has 0 atom stereocenters. The molecule has 3 aromatic rings. The van der Waals surface area contributed by atoms with Crippen molar-refractivity contribution in [2.75, 3.05) is 18.6 Å². The number of carbonyl (C=O) groups is 1. The highest BCUT2D eigenvalue weighted by molar-refractivity contribution is 7.09. The monoisotopic (exact) mass is 546 g/mol. The number of aromatic nitrogens is 1. The molecule has 2 fully saturated rings. The number of amides is 1. The van der Waals surface area contributed by atoms with E-state index in [0.29, 0.717) is 11.8 Å². The van der Waals surface area contributed by atoms with Gasteiger partial charge in [0.15, 0.2) is 0 Å². The molecule has 0 radical (unpaired) electrons. The summed E-state index contributed by atoms with van der Waals surface area (Å²) < 4.78 is 5.46. The molecule has 2 aromatic carbocycles. The zero-order valence-corrected chi connectivity index (χ0v) is 24.2. The lowest BCUT2D eigenvalue weighted by molar-refractivity contribution is -0.124. The van der Waals surface area contributed by atoms with Crippen molar-refractivity contribution in [2.24, 2.45) is 11.8 Å². The van der Waals surface area contributed by atoms with Crippen molar-refractivity contribution in [3.8, 4) is 5.75 Å². The number of nitrogens with zero attached hydrogens (tertiary/aromatic N) is 2. The van der Waals surface area contributed by atoms with Gasteiger partial charge in [0.1, 0.15) is 5.75 Å². The second kappa shape index (κ2) is 13.1. The quantitative estimate of drug-likeness (QED) is 0.311. The van der Waals surface area contributed by atoms with Crippen LogP contribution in [-0.4, -0.2) is 35.8 Å². The van der Waals surface area contributed by atoms with E-state index in [4.69, 9.17) is 4.74 Å². The summed E-state index contributed by atoms with van der Waals surface area (Å²) in [5.74, 6) is 2.27. The predicted molar refractivity (Wildman–Crippen MR) is 159 cm³/mol. The lowest BCUT2D eigenvalue weighted by Crippen LogP contribution is -2.41. The Bertz CT molecular complexity index is 1210. The molecule has 1 heterocycles. The number of carbonyl (C=O) groups excluding carboxylic acids is 1. The lowest BCUT2D eigenvalue weighted by atomic mass is 9.78. The Kier molecular flexibility index (Phi) is 9.36. The first kappa shape index (κ1) is 27.9. The van der Waals surface area contributed by atoms with Gasteiger partial charge >= 0.3 is 0 Å². The van der Waals surface area contributed by atoms with E-state index >= 15 is 0 Å². The lowest BCUT2D eigenvalue weighted by Gasteiger charge is -2.36. The van der Waals surface area contributed by atoms with Crippen molar-refractivity contribution in [2.45, 2.75) is 83.2 Å². The smallest absolute Gasteiger partial charge is 0.230 e. The SMILES string of the molecule is COc1ccc([C@H]2CC[C@H](CN(c3cccc(CCc4nccs4)c3)C(=O)[C@H]3CC[C@H](O)CC3)CC2)cc1C. The molecule has 1 amide bonds. The van der Waals surface area contributed by atoms with Crippen LogP contribution in [0.1, 0.15) is 79.0 Å². The highest BCUT2D eigenvalue weighted by atomic mass is 32.1. The Morgan fingerprint density at radius 1 is 1.03 bits per heavy atom. The third-order valence-corrected chi connectivity index (χ3v) is 9.66. The number of methoxy groups -OCH3 is 1. The zero-order valence-electron chi connectivity index (χ0n) is 23.4. The van der Waals surface area contributed by atoms with Gasteiger partial charge < -0.3 is 14.7 Å². The molecular weight excluding hydrogens is 504 g/mol. The first-order valence-corrected chi connectivity index (χ1v) is 15.5. The van der Waals surface area contributed by atoms with Gasteiger partial charge in [0.2, 0.25) is 5.91 Å². The normalized spacial score (nSPS) is 23.4. The fourth-order valence-corrected chi connectivity index (χ4v) is 7.09. The zero-order chi connectivity index (χ0) is 27.2. The van der Waals surface area contributed by atoms with Crippen molar-refractivity contribution < 1.29 is 14.6 Å². The summed E-state index contributed by atoms with van der Waals surface area (Å²) in [6, 6.07) is 15.2. The summed E-state index contributed by atoms with van der Waals surface area (Å²) in [6.07, 6.45) is 11.0. The summed E-state index contributed by atoms with van der Waals surface area (Å²) in [4.78, 5) is 20.5. The molecule has 39 heavy (non-hydrogen) atoms. The maximum absolute atomic E-state index is 13.9. The molecule has 5 rings (SSSR count). The van der Waals surface area contributed by atoms with E-state index in [2.05, 4.69) is 59.3 Å². The molecule has 0 bridgehead atoms. The average Bonchev–Trinajstić information content (AvgIpc) is 3.49. The number of hydrogen-bond acceptors (Lipinski definition) is 5. The molecular formula is C33H42N2O3S. The summed E-state index contributed by atoms with van der Waals surface area (Å²) in [5.41, 5.74) is 4.88. The Hall–Kier alpha value is -2.70. The highest BCUT2D eigenvalue weighted by Gasteiger charge is 2.32. The van der Waals surface area contributed by atoms with Crippen LogP contribution >= 0.6 is 11.3 Å². The van der Waals surface area contributed by atoms with Gasteiger partial charge in [-0.15, -0.1) is 11.3 Å². The van der Waals surface area contributed by atoms with Crippen LogP contribution in [0.3, 0.4) is 0 Å². The summed E-state index contributed by atoms with van der Waals surface area (Å²) in [7, 11) is 1.73. The number of aliphatic hydroxyl groups is 1. The molecule has 6 heteroatoms.